The Morgan fingerprint density at radius 3 is 2.83 bits per heavy atom. The van der Waals surface area contributed by atoms with Crippen molar-refractivity contribution in [2.75, 3.05) is 11.4 Å². The number of hydrogen-bond acceptors (Lipinski definition) is 1. The molecule has 4 rings (SSSR count). The lowest BCUT2D eigenvalue weighted by Crippen LogP contribution is -2.37. The molecule has 2 aromatic carbocycles. The van der Waals surface area contributed by atoms with Gasteiger partial charge in [0.15, 0.2) is 0 Å². The maximum atomic E-state index is 13.1. The Morgan fingerprint density at radius 2 is 2.00 bits per heavy atom. The Hall–Kier alpha value is -1.80. The number of amides is 1. The van der Waals surface area contributed by atoms with Crippen molar-refractivity contribution in [1.29, 1.82) is 0 Å². The number of hydrogen-bond donors (Lipinski definition) is 0. The van der Waals surface area contributed by atoms with Gasteiger partial charge in [-0.05, 0) is 54.9 Å². The van der Waals surface area contributed by atoms with E-state index < -0.39 is 0 Å². The van der Waals surface area contributed by atoms with Crippen LogP contribution in [-0.2, 0) is 11.2 Å². The van der Waals surface area contributed by atoms with Gasteiger partial charge in [0.25, 0.3) is 0 Å². The number of carbonyl (C=O) groups is 1. The largest absolute Gasteiger partial charge is 0.312 e. The smallest absolute Gasteiger partial charge is 0.230 e. The average molecular weight is 326 g/mol. The predicted octanol–water partition coefficient (Wildman–Crippen LogP) is 4.73. The first kappa shape index (κ1) is 14.8. The van der Waals surface area contributed by atoms with E-state index in [1.807, 2.05) is 23.1 Å². The maximum absolute atomic E-state index is 13.1. The number of fused-ring (bicyclic) bond motifs is 1. The summed E-state index contributed by atoms with van der Waals surface area (Å²) in [6, 6.07) is 14.2. The molecule has 0 radical (unpaired) electrons. The molecule has 2 unspecified atom stereocenters. The molecule has 0 N–H and O–H groups in total. The molecule has 2 aliphatic rings. The van der Waals surface area contributed by atoms with Gasteiger partial charge in [0.1, 0.15) is 0 Å². The van der Waals surface area contributed by atoms with E-state index in [2.05, 4.69) is 31.2 Å². The zero-order chi connectivity index (χ0) is 16.0. The van der Waals surface area contributed by atoms with E-state index in [4.69, 9.17) is 11.6 Å². The van der Waals surface area contributed by atoms with Gasteiger partial charge in [0.05, 0.1) is 0 Å². The number of rotatable bonds is 2. The molecule has 0 bridgehead atoms. The second kappa shape index (κ2) is 5.68. The number of benzene rings is 2. The van der Waals surface area contributed by atoms with Crippen LogP contribution in [0.3, 0.4) is 0 Å². The molecule has 1 fully saturated rings. The second-order valence-corrected chi connectivity index (χ2v) is 7.05. The molecule has 1 aliphatic carbocycles. The minimum absolute atomic E-state index is 0.0838. The first-order valence-corrected chi connectivity index (χ1v) is 8.69. The highest BCUT2D eigenvalue weighted by molar-refractivity contribution is 6.31. The Bertz CT molecular complexity index is 770. The van der Waals surface area contributed by atoms with Crippen molar-refractivity contribution in [1.82, 2.24) is 0 Å². The van der Waals surface area contributed by atoms with E-state index in [1.54, 1.807) is 0 Å². The van der Waals surface area contributed by atoms with Crippen LogP contribution in [0.4, 0.5) is 5.69 Å². The summed E-state index contributed by atoms with van der Waals surface area (Å²) in [7, 11) is 0. The van der Waals surface area contributed by atoms with Gasteiger partial charge in [-0.2, -0.15) is 0 Å². The molecule has 1 amide bonds. The SMILES string of the molecule is Cc1cccc2c1N(C(=O)C1CC1c1ccccc1Cl)CCC2. The summed E-state index contributed by atoms with van der Waals surface area (Å²) in [6.45, 7) is 2.94. The van der Waals surface area contributed by atoms with Crippen LogP contribution in [0.2, 0.25) is 5.02 Å². The minimum Gasteiger partial charge on any atom is -0.312 e. The Labute approximate surface area is 142 Å². The van der Waals surface area contributed by atoms with Gasteiger partial charge in [-0.1, -0.05) is 48.0 Å². The topological polar surface area (TPSA) is 20.3 Å². The van der Waals surface area contributed by atoms with Crippen molar-refractivity contribution in [2.45, 2.75) is 32.1 Å². The summed E-state index contributed by atoms with van der Waals surface area (Å²) in [5, 5.41) is 0.781. The molecule has 118 valence electrons. The van der Waals surface area contributed by atoms with Crippen molar-refractivity contribution in [3.63, 3.8) is 0 Å². The summed E-state index contributed by atoms with van der Waals surface area (Å²) in [5.41, 5.74) is 4.77. The maximum Gasteiger partial charge on any atom is 0.230 e. The van der Waals surface area contributed by atoms with Crippen molar-refractivity contribution < 1.29 is 4.79 Å². The zero-order valence-electron chi connectivity index (χ0n) is 13.3. The number of halogens is 1. The van der Waals surface area contributed by atoms with Gasteiger partial charge >= 0.3 is 0 Å². The lowest BCUT2D eigenvalue weighted by atomic mass is 9.97. The molecule has 2 nitrogen and oxygen atoms in total. The van der Waals surface area contributed by atoms with Crippen LogP contribution in [0, 0.1) is 12.8 Å². The van der Waals surface area contributed by atoms with Crippen LogP contribution in [0.15, 0.2) is 42.5 Å². The molecule has 2 atom stereocenters. The van der Waals surface area contributed by atoms with Crippen molar-refractivity contribution in [3.05, 3.63) is 64.2 Å². The highest BCUT2D eigenvalue weighted by Crippen LogP contribution is 2.51. The summed E-state index contributed by atoms with van der Waals surface area (Å²) < 4.78 is 0. The van der Waals surface area contributed by atoms with E-state index in [9.17, 15) is 4.79 Å². The summed E-state index contributed by atoms with van der Waals surface area (Å²) >= 11 is 6.30. The molecule has 2 aromatic rings. The van der Waals surface area contributed by atoms with Crippen LogP contribution in [-0.4, -0.2) is 12.5 Å². The van der Waals surface area contributed by atoms with Crippen LogP contribution in [0.5, 0.6) is 0 Å². The fraction of sp³-hybridized carbons (Fsp3) is 0.350. The molecule has 1 heterocycles. The first-order valence-electron chi connectivity index (χ1n) is 8.31. The molecule has 0 spiro atoms. The zero-order valence-corrected chi connectivity index (χ0v) is 14.0. The summed E-state index contributed by atoms with van der Waals surface area (Å²) in [5.74, 6) is 0.635. The van der Waals surface area contributed by atoms with E-state index in [-0.39, 0.29) is 17.7 Å². The molecular weight excluding hydrogens is 306 g/mol. The molecular formula is C20H20ClNO. The number of nitrogens with zero attached hydrogens (tertiary/aromatic N) is 1. The predicted molar refractivity (Wildman–Crippen MR) is 94.2 cm³/mol. The Kier molecular flexibility index (Phi) is 3.65. The summed E-state index contributed by atoms with van der Waals surface area (Å²) in [6.07, 6.45) is 3.03. The Balaban J connectivity index is 1.60. The third-order valence-corrected chi connectivity index (χ3v) is 5.44. The number of carbonyl (C=O) groups excluding carboxylic acids is 1. The van der Waals surface area contributed by atoms with Crippen LogP contribution >= 0.6 is 11.6 Å². The normalized spacial score (nSPS) is 22.6. The van der Waals surface area contributed by atoms with Gasteiger partial charge in [0.2, 0.25) is 5.91 Å². The fourth-order valence-electron chi connectivity index (χ4n) is 3.86. The van der Waals surface area contributed by atoms with Crippen LogP contribution < -0.4 is 4.90 Å². The van der Waals surface area contributed by atoms with Gasteiger partial charge < -0.3 is 4.90 Å². The molecule has 3 heteroatoms. The molecule has 0 saturated heterocycles. The van der Waals surface area contributed by atoms with Gasteiger partial charge in [0, 0.05) is 23.2 Å². The third kappa shape index (κ3) is 2.55. The highest BCUT2D eigenvalue weighted by atomic mass is 35.5. The molecule has 1 aliphatic heterocycles. The highest BCUT2D eigenvalue weighted by Gasteiger charge is 2.47. The number of anilines is 1. The Morgan fingerprint density at radius 1 is 1.17 bits per heavy atom. The third-order valence-electron chi connectivity index (χ3n) is 5.10. The van der Waals surface area contributed by atoms with E-state index >= 15 is 0 Å². The average Bonchev–Trinajstić information content (AvgIpc) is 3.35. The van der Waals surface area contributed by atoms with Crippen molar-refractivity contribution in [3.8, 4) is 0 Å². The van der Waals surface area contributed by atoms with Gasteiger partial charge in [-0.15, -0.1) is 0 Å². The second-order valence-electron chi connectivity index (χ2n) is 6.65. The standard InChI is InChI=1S/C20H20ClNO/c1-13-6-4-7-14-8-5-11-22(19(13)14)20(23)17-12-16(17)15-9-2-3-10-18(15)21/h2-4,6-7,9-10,16-17H,5,8,11-12H2,1H3. The van der Waals surface area contributed by atoms with E-state index in [0.29, 0.717) is 0 Å². The van der Waals surface area contributed by atoms with Crippen LogP contribution in [0.25, 0.3) is 0 Å². The minimum atomic E-state index is 0.0838. The van der Waals surface area contributed by atoms with Crippen molar-refractivity contribution >= 4 is 23.2 Å². The first-order chi connectivity index (χ1) is 11.2. The monoisotopic (exact) mass is 325 g/mol. The number of aryl methyl sites for hydroxylation is 2. The van der Waals surface area contributed by atoms with E-state index in [1.165, 1.54) is 11.1 Å². The molecule has 23 heavy (non-hydrogen) atoms. The van der Waals surface area contributed by atoms with Gasteiger partial charge in [-0.3, -0.25) is 4.79 Å². The molecule has 0 aromatic heterocycles. The summed E-state index contributed by atoms with van der Waals surface area (Å²) in [4.78, 5) is 15.1. The quantitative estimate of drug-likeness (QED) is 0.781. The number of para-hydroxylation sites is 1. The van der Waals surface area contributed by atoms with Crippen LogP contribution in [0.1, 0.15) is 35.4 Å². The van der Waals surface area contributed by atoms with E-state index in [0.717, 1.165) is 42.1 Å². The van der Waals surface area contributed by atoms with Gasteiger partial charge in [-0.25, -0.2) is 0 Å². The molecule has 1 saturated carbocycles. The fourth-order valence-corrected chi connectivity index (χ4v) is 4.13. The lowest BCUT2D eigenvalue weighted by molar-refractivity contribution is -0.120. The lowest BCUT2D eigenvalue weighted by Gasteiger charge is -2.31. The van der Waals surface area contributed by atoms with Crippen molar-refractivity contribution in [2.24, 2.45) is 5.92 Å².